The van der Waals surface area contributed by atoms with Crippen LogP contribution < -0.4 is 10.6 Å². The van der Waals surface area contributed by atoms with Crippen molar-refractivity contribution in [3.63, 3.8) is 0 Å². The fraction of sp³-hybridized carbons (Fsp3) is 0.357. The summed E-state index contributed by atoms with van der Waals surface area (Å²) in [5.74, 6) is 1.26. The van der Waals surface area contributed by atoms with Gasteiger partial charge in [-0.2, -0.15) is 0 Å². The standard InChI is InChI=1S/C14H14FN3.ClH/c15-8-1-2-12-9(5-8)13(3-4-17-12)18-14-10-6-16-7-11(10)14;/h1-5,10-11,14,16H,6-7H2,(H,17,18);1H. The highest BCUT2D eigenvalue weighted by atomic mass is 35.5. The predicted octanol–water partition coefficient (Wildman–Crippen LogP) is 2.43. The van der Waals surface area contributed by atoms with Crippen molar-refractivity contribution in [1.82, 2.24) is 10.3 Å². The molecule has 2 heterocycles. The highest BCUT2D eigenvalue weighted by Gasteiger charge is 2.52. The maximum absolute atomic E-state index is 13.3. The van der Waals surface area contributed by atoms with Crippen LogP contribution in [0.2, 0.25) is 0 Å². The van der Waals surface area contributed by atoms with Gasteiger partial charge in [-0.25, -0.2) is 4.39 Å². The van der Waals surface area contributed by atoms with Gasteiger partial charge in [-0.3, -0.25) is 4.98 Å². The molecule has 2 aliphatic rings. The summed E-state index contributed by atoms with van der Waals surface area (Å²) in [6, 6.07) is 7.21. The molecule has 0 spiro atoms. The molecule has 0 bridgehead atoms. The van der Waals surface area contributed by atoms with Crippen LogP contribution >= 0.6 is 12.4 Å². The molecule has 2 aromatic rings. The van der Waals surface area contributed by atoms with Crippen LogP contribution in [0.25, 0.3) is 10.9 Å². The summed E-state index contributed by atoms with van der Waals surface area (Å²) < 4.78 is 13.3. The second kappa shape index (κ2) is 4.62. The van der Waals surface area contributed by atoms with Gasteiger partial charge in [-0.1, -0.05) is 0 Å². The molecule has 5 heteroatoms. The molecule has 0 radical (unpaired) electrons. The number of nitrogens with one attached hydrogen (secondary N) is 2. The van der Waals surface area contributed by atoms with Gasteiger partial charge < -0.3 is 10.6 Å². The van der Waals surface area contributed by atoms with Gasteiger partial charge in [-0.05, 0) is 36.1 Å². The first-order chi connectivity index (χ1) is 8.83. The van der Waals surface area contributed by atoms with Crippen LogP contribution in [0.3, 0.4) is 0 Å². The number of nitrogens with zero attached hydrogens (tertiary/aromatic N) is 1. The van der Waals surface area contributed by atoms with E-state index < -0.39 is 0 Å². The van der Waals surface area contributed by atoms with Crippen molar-refractivity contribution in [3.05, 3.63) is 36.3 Å². The van der Waals surface area contributed by atoms with E-state index in [2.05, 4.69) is 15.6 Å². The molecule has 0 amide bonds. The van der Waals surface area contributed by atoms with Crippen LogP contribution in [-0.2, 0) is 0 Å². The molecule has 1 aliphatic heterocycles. The summed E-state index contributed by atoms with van der Waals surface area (Å²) in [6.45, 7) is 2.19. The Labute approximate surface area is 117 Å². The normalized spacial score (nSPS) is 27.7. The smallest absolute Gasteiger partial charge is 0.124 e. The Morgan fingerprint density at radius 2 is 2.00 bits per heavy atom. The number of aromatic nitrogens is 1. The second-order valence-electron chi connectivity index (χ2n) is 5.18. The van der Waals surface area contributed by atoms with E-state index in [9.17, 15) is 4.39 Å². The maximum Gasteiger partial charge on any atom is 0.124 e. The number of hydrogen-bond acceptors (Lipinski definition) is 3. The average molecular weight is 280 g/mol. The van der Waals surface area contributed by atoms with Crippen LogP contribution in [0.15, 0.2) is 30.5 Å². The van der Waals surface area contributed by atoms with Gasteiger partial charge in [-0.15, -0.1) is 12.4 Å². The largest absolute Gasteiger partial charge is 0.381 e. The maximum atomic E-state index is 13.3. The number of piperidine rings is 1. The topological polar surface area (TPSA) is 37.0 Å². The van der Waals surface area contributed by atoms with Crippen molar-refractivity contribution in [2.24, 2.45) is 11.8 Å². The summed E-state index contributed by atoms with van der Waals surface area (Å²) >= 11 is 0. The molecule has 1 aromatic heterocycles. The van der Waals surface area contributed by atoms with Crippen molar-refractivity contribution in [2.45, 2.75) is 6.04 Å². The monoisotopic (exact) mass is 279 g/mol. The minimum atomic E-state index is -0.212. The van der Waals surface area contributed by atoms with E-state index in [0.29, 0.717) is 6.04 Å². The first-order valence-corrected chi connectivity index (χ1v) is 6.34. The van der Waals surface area contributed by atoms with E-state index in [1.807, 2.05) is 6.07 Å². The molecule has 2 N–H and O–H groups in total. The van der Waals surface area contributed by atoms with Gasteiger partial charge in [0, 0.05) is 36.4 Å². The number of benzene rings is 1. The van der Waals surface area contributed by atoms with Gasteiger partial charge in [0.2, 0.25) is 0 Å². The second-order valence-corrected chi connectivity index (χ2v) is 5.18. The summed E-state index contributed by atoms with van der Waals surface area (Å²) in [7, 11) is 0. The molecule has 2 atom stereocenters. The van der Waals surface area contributed by atoms with E-state index in [-0.39, 0.29) is 18.2 Å². The first kappa shape index (κ1) is 12.6. The van der Waals surface area contributed by atoms with Crippen molar-refractivity contribution >= 4 is 29.0 Å². The third-order valence-electron chi connectivity index (χ3n) is 4.12. The van der Waals surface area contributed by atoms with Gasteiger partial charge in [0.05, 0.1) is 5.52 Å². The molecule has 1 saturated heterocycles. The number of halogens is 2. The van der Waals surface area contributed by atoms with E-state index in [0.717, 1.165) is 41.5 Å². The highest BCUT2D eigenvalue weighted by Crippen LogP contribution is 2.44. The summed E-state index contributed by atoms with van der Waals surface area (Å²) in [4.78, 5) is 4.26. The van der Waals surface area contributed by atoms with E-state index >= 15 is 0 Å². The third-order valence-corrected chi connectivity index (χ3v) is 4.12. The number of fused-ring (bicyclic) bond motifs is 2. The fourth-order valence-electron chi connectivity index (χ4n) is 3.06. The molecule has 1 saturated carbocycles. The van der Waals surface area contributed by atoms with Crippen LogP contribution in [0.4, 0.5) is 10.1 Å². The Bertz CT molecular complexity index is 609. The lowest BCUT2D eigenvalue weighted by molar-refractivity contribution is 0.629. The lowest BCUT2D eigenvalue weighted by Gasteiger charge is -2.11. The van der Waals surface area contributed by atoms with E-state index in [1.165, 1.54) is 6.07 Å². The Morgan fingerprint density at radius 3 is 2.79 bits per heavy atom. The molecule has 4 rings (SSSR count). The third kappa shape index (κ3) is 2.05. The van der Waals surface area contributed by atoms with Crippen molar-refractivity contribution in [3.8, 4) is 0 Å². The minimum absolute atomic E-state index is 0. The van der Waals surface area contributed by atoms with Crippen molar-refractivity contribution in [2.75, 3.05) is 18.4 Å². The van der Waals surface area contributed by atoms with Gasteiger partial charge in [0.1, 0.15) is 5.82 Å². The SMILES string of the molecule is Cl.Fc1ccc2nccc(NC3C4CNCC43)c2c1. The molecule has 1 aliphatic carbocycles. The average Bonchev–Trinajstić information content (AvgIpc) is 2.83. The van der Waals surface area contributed by atoms with Crippen molar-refractivity contribution in [1.29, 1.82) is 0 Å². The van der Waals surface area contributed by atoms with E-state index in [4.69, 9.17) is 0 Å². The predicted molar refractivity (Wildman–Crippen MR) is 76.2 cm³/mol. The van der Waals surface area contributed by atoms with Crippen LogP contribution in [0.5, 0.6) is 0 Å². The molecule has 2 unspecified atom stereocenters. The van der Waals surface area contributed by atoms with Gasteiger partial charge in [0.15, 0.2) is 0 Å². The fourth-order valence-corrected chi connectivity index (χ4v) is 3.06. The summed E-state index contributed by atoms with van der Waals surface area (Å²) in [5, 5.41) is 7.78. The molecule has 19 heavy (non-hydrogen) atoms. The molecule has 3 nitrogen and oxygen atoms in total. The molecular formula is C14H15ClFN3. The first-order valence-electron chi connectivity index (χ1n) is 6.34. The lowest BCUT2D eigenvalue weighted by atomic mass is 10.2. The van der Waals surface area contributed by atoms with Crippen LogP contribution in [0.1, 0.15) is 0 Å². The zero-order chi connectivity index (χ0) is 12.1. The highest BCUT2D eigenvalue weighted by molar-refractivity contribution is 5.91. The zero-order valence-corrected chi connectivity index (χ0v) is 11.1. The van der Waals surface area contributed by atoms with Crippen LogP contribution in [-0.4, -0.2) is 24.1 Å². The van der Waals surface area contributed by atoms with Crippen molar-refractivity contribution < 1.29 is 4.39 Å². The van der Waals surface area contributed by atoms with E-state index in [1.54, 1.807) is 18.3 Å². The Hall–Kier alpha value is -1.39. The Balaban J connectivity index is 0.00000110. The number of pyridine rings is 1. The molecule has 100 valence electrons. The minimum Gasteiger partial charge on any atom is -0.381 e. The van der Waals surface area contributed by atoms with Crippen LogP contribution in [0, 0.1) is 17.7 Å². The molecule has 2 fully saturated rings. The Morgan fingerprint density at radius 1 is 1.21 bits per heavy atom. The molecular weight excluding hydrogens is 265 g/mol. The summed E-state index contributed by atoms with van der Waals surface area (Å²) in [5.41, 5.74) is 1.84. The molecule has 1 aromatic carbocycles. The lowest BCUT2D eigenvalue weighted by Crippen LogP contribution is -2.21. The quantitative estimate of drug-likeness (QED) is 0.887. The number of anilines is 1. The Kier molecular flexibility index (Phi) is 3.07. The number of hydrogen-bond donors (Lipinski definition) is 2. The van der Waals surface area contributed by atoms with Gasteiger partial charge >= 0.3 is 0 Å². The zero-order valence-electron chi connectivity index (χ0n) is 10.3. The van der Waals surface area contributed by atoms with Gasteiger partial charge in [0.25, 0.3) is 0 Å². The number of rotatable bonds is 2. The summed E-state index contributed by atoms with van der Waals surface area (Å²) in [6.07, 6.45) is 1.78.